The number of nitrogens with zero attached hydrogens (tertiary/aromatic N) is 2. The van der Waals surface area contributed by atoms with Crippen LogP contribution in [-0.2, 0) is 11.3 Å². The Balaban J connectivity index is 1.53. The highest BCUT2D eigenvalue weighted by Crippen LogP contribution is 2.17. The van der Waals surface area contributed by atoms with E-state index in [0.29, 0.717) is 18.7 Å². The second-order valence-corrected chi connectivity index (χ2v) is 5.20. The molecule has 0 saturated carbocycles. The molecule has 1 saturated heterocycles. The predicted molar refractivity (Wildman–Crippen MR) is 79.8 cm³/mol. The van der Waals surface area contributed by atoms with Gasteiger partial charge in [-0.25, -0.2) is 0 Å². The number of hydrogen-bond donors (Lipinski definition) is 0. The zero-order valence-electron chi connectivity index (χ0n) is 11.8. The SMILES string of the molecule is O=C(c1cccnc1)N1CCC(OCc2ccccc2)C1. The molecule has 0 radical (unpaired) electrons. The summed E-state index contributed by atoms with van der Waals surface area (Å²) in [5.74, 6) is 0.0360. The second-order valence-electron chi connectivity index (χ2n) is 5.20. The van der Waals surface area contributed by atoms with Crippen LogP contribution >= 0.6 is 0 Å². The van der Waals surface area contributed by atoms with Gasteiger partial charge in [-0.2, -0.15) is 0 Å². The normalized spacial score (nSPS) is 17.9. The minimum absolute atomic E-state index is 0.0360. The lowest BCUT2D eigenvalue weighted by Crippen LogP contribution is -2.30. The maximum Gasteiger partial charge on any atom is 0.255 e. The standard InChI is InChI=1S/C17H18N2O2/c20-17(15-7-4-9-18-11-15)19-10-8-16(12-19)21-13-14-5-2-1-3-6-14/h1-7,9,11,16H,8,10,12-13H2. The summed E-state index contributed by atoms with van der Waals surface area (Å²) in [7, 11) is 0. The Kier molecular flexibility index (Phi) is 4.26. The van der Waals surface area contributed by atoms with Crippen LogP contribution in [0, 0.1) is 0 Å². The quantitative estimate of drug-likeness (QED) is 0.865. The van der Waals surface area contributed by atoms with Crippen LogP contribution < -0.4 is 0 Å². The Morgan fingerprint density at radius 2 is 2.10 bits per heavy atom. The first-order chi connectivity index (χ1) is 10.3. The van der Waals surface area contributed by atoms with E-state index in [4.69, 9.17) is 4.74 Å². The summed E-state index contributed by atoms with van der Waals surface area (Å²) < 4.78 is 5.90. The van der Waals surface area contributed by atoms with Crippen LogP contribution in [0.15, 0.2) is 54.9 Å². The number of hydrogen-bond acceptors (Lipinski definition) is 3. The van der Waals surface area contributed by atoms with E-state index in [1.165, 1.54) is 0 Å². The molecule has 21 heavy (non-hydrogen) atoms. The van der Waals surface area contributed by atoms with E-state index < -0.39 is 0 Å². The van der Waals surface area contributed by atoms with Crippen molar-refractivity contribution < 1.29 is 9.53 Å². The monoisotopic (exact) mass is 282 g/mol. The summed E-state index contributed by atoms with van der Waals surface area (Å²) >= 11 is 0. The third kappa shape index (κ3) is 3.47. The molecule has 1 atom stereocenters. The molecule has 0 aliphatic carbocycles. The molecule has 1 fully saturated rings. The molecule has 2 heterocycles. The molecule has 4 heteroatoms. The van der Waals surface area contributed by atoms with Crippen LogP contribution in [0.4, 0.5) is 0 Å². The van der Waals surface area contributed by atoms with Crippen molar-refractivity contribution in [1.82, 2.24) is 9.88 Å². The molecule has 0 bridgehead atoms. The molecule has 108 valence electrons. The summed E-state index contributed by atoms with van der Waals surface area (Å²) in [4.78, 5) is 18.1. The number of carbonyl (C=O) groups excluding carboxylic acids is 1. The Morgan fingerprint density at radius 1 is 1.24 bits per heavy atom. The fourth-order valence-corrected chi connectivity index (χ4v) is 2.51. The van der Waals surface area contributed by atoms with Crippen molar-refractivity contribution in [3.05, 3.63) is 66.0 Å². The second kappa shape index (κ2) is 6.50. The number of benzene rings is 1. The van der Waals surface area contributed by atoms with Crippen LogP contribution in [0.1, 0.15) is 22.3 Å². The highest BCUT2D eigenvalue weighted by molar-refractivity contribution is 5.94. The summed E-state index contributed by atoms with van der Waals surface area (Å²) in [6.07, 6.45) is 4.29. The number of aromatic nitrogens is 1. The lowest BCUT2D eigenvalue weighted by molar-refractivity contribution is 0.0437. The zero-order valence-corrected chi connectivity index (χ0v) is 11.8. The number of amides is 1. The van der Waals surface area contributed by atoms with E-state index in [1.807, 2.05) is 35.2 Å². The number of ether oxygens (including phenoxy) is 1. The minimum Gasteiger partial charge on any atom is -0.372 e. The molecule has 0 N–H and O–H groups in total. The van der Waals surface area contributed by atoms with E-state index in [2.05, 4.69) is 4.98 Å². The molecule has 3 rings (SSSR count). The summed E-state index contributed by atoms with van der Waals surface area (Å²) in [6, 6.07) is 13.7. The first-order valence-corrected chi connectivity index (χ1v) is 7.18. The van der Waals surface area contributed by atoms with Gasteiger partial charge in [-0.15, -0.1) is 0 Å². The molecule has 1 aromatic carbocycles. The molecule has 1 unspecified atom stereocenters. The molecule has 1 aliphatic heterocycles. The molecule has 1 aliphatic rings. The van der Waals surface area contributed by atoms with Gasteiger partial charge in [-0.05, 0) is 24.1 Å². The molecule has 1 amide bonds. The van der Waals surface area contributed by atoms with E-state index in [1.54, 1.807) is 24.5 Å². The third-order valence-electron chi connectivity index (χ3n) is 3.67. The van der Waals surface area contributed by atoms with Crippen LogP contribution in [0.25, 0.3) is 0 Å². The lowest BCUT2D eigenvalue weighted by Gasteiger charge is -2.16. The van der Waals surface area contributed by atoms with Crippen molar-refractivity contribution in [2.45, 2.75) is 19.1 Å². The number of pyridine rings is 1. The van der Waals surface area contributed by atoms with Gasteiger partial charge in [0, 0.05) is 25.5 Å². The molecule has 0 spiro atoms. The Labute approximate surface area is 124 Å². The van der Waals surface area contributed by atoms with Gasteiger partial charge in [-0.3, -0.25) is 9.78 Å². The fourth-order valence-electron chi connectivity index (χ4n) is 2.51. The van der Waals surface area contributed by atoms with Crippen molar-refractivity contribution in [2.75, 3.05) is 13.1 Å². The van der Waals surface area contributed by atoms with Crippen molar-refractivity contribution in [2.24, 2.45) is 0 Å². The van der Waals surface area contributed by atoms with Crippen LogP contribution in [0.3, 0.4) is 0 Å². The van der Waals surface area contributed by atoms with Crippen molar-refractivity contribution in [3.8, 4) is 0 Å². The highest BCUT2D eigenvalue weighted by Gasteiger charge is 2.27. The minimum atomic E-state index is 0.0360. The first-order valence-electron chi connectivity index (χ1n) is 7.18. The first kappa shape index (κ1) is 13.8. The lowest BCUT2D eigenvalue weighted by atomic mass is 10.2. The van der Waals surface area contributed by atoms with Gasteiger partial charge in [0.15, 0.2) is 0 Å². The molecular formula is C17H18N2O2. The van der Waals surface area contributed by atoms with E-state index in [-0.39, 0.29) is 12.0 Å². The van der Waals surface area contributed by atoms with Crippen LogP contribution in [0.2, 0.25) is 0 Å². The average Bonchev–Trinajstić information content (AvgIpc) is 3.03. The topological polar surface area (TPSA) is 42.4 Å². The van der Waals surface area contributed by atoms with Gasteiger partial charge < -0.3 is 9.64 Å². The van der Waals surface area contributed by atoms with Crippen LogP contribution in [0.5, 0.6) is 0 Å². The molecule has 4 nitrogen and oxygen atoms in total. The predicted octanol–water partition coefficient (Wildman–Crippen LogP) is 2.51. The van der Waals surface area contributed by atoms with E-state index >= 15 is 0 Å². The maximum atomic E-state index is 12.3. The molecule has 2 aromatic rings. The van der Waals surface area contributed by atoms with Crippen molar-refractivity contribution in [3.63, 3.8) is 0 Å². The highest BCUT2D eigenvalue weighted by atomic mass is 16.5. The average molecular weight is 282 g/mol. The molecule has 1 aromatic heterocycles. The van der Waals surface area contributed by atoms with E-state index in [0.717, 1.165) is 18.5 Å². The fraction of sp³-hybridized carbons (Fsp3) is 0.294. The van der Waals surface area contributed by atoms with Gasteiger partial charge in [0.05, 0.1) is 18.3 Å². The van der Waals surface area contributed by atoms with Gasteiger partial charge in [0.1, 0.15) is 0 Å². The van der Waals surface area contributed by atoms with Gasteiger partial charge >= 0.3 is 0 Å². The smallest absolute Gasteiger partial charge is 0.255 e. The summed E-state index contributed by atoms with van der Waals surface area (Å²) in [6.45, 7) is 1.99. The van der Waals surface area contributed by atoms with Crippen molar-refractivity contribution >= 4 is 5.91 Å². The van der Waals surface area contributed by atoms with Gasteiger partial charge in [0.2, 0.25) is 0 Å². The maximum absolute atomic E-state index is 12.3. The summed E-state index contributed by atoms with van der Waals surface area (Å²) in [5.41, 5.74) is 1.80. The van der Waals surface area contributed by atoms with Gasteiger partial charge in [0.25, 0.3) is 5.91 Å². The van der Waals surface area contributed by atoms with Gasteiger partial charge in [-0.1, -0.05) is 30.3 Å². The van der Waals surface area contributed by atoms with E-state index in [9.17, 15) is 4.79 Å². The Hall–Kier alpha value is -2.20. The number of rotatable bonds is 4. The molecular weight excluding hydrogens is 264 g/mol. The zero-order chi connectivity index (χ0) is 14.5. The number of carbonyl (C=O) groups is 1. The van der Waals surface area contributed by atoms with Crippen LogP contribution in [-0.4, -0.2) is 35.0 Å². The third-order valence-corrected chi connectivity index (χ3v) is 3.67. The number of likely N-dealkylation sites (tertiary alicyclic amines) is 1. The largest absolute Gasteiger partial charge is 0.372 e. The van der Waals surface area contributed by atoms with Crippen molar-refractivity contribution in [1.29, 1.82) is 0 Å². The Morgan fingerprint density at radius 3 is 2.86 bits per heavy atom. The summed E-state index contributed by atoms with van der Waals surface area (Å²) in [5, 5.41) is 0. The Bertz CT molecular complexity index is 586.